The van der Waals surface area contributed by atoms with Gasteiger partial charge in [-0.2, -0.15) is 0 Å². The molecule has 3 heterocycles. The standard InChI is InChI=1S/C21H25BN2O3/c1-20(2)21(3,4)27-22(26-20)18-8-11-24(12-9-18)19(25)16-6-5-15-7-10-23-14-17(15)13-16/h5-8,10,13-14H,9,11-12H2,1-4H3. The van der Waals surface area contributed by atoms with Crippen molar-refractivity contribution in [2.75, 3.05) is 13.1 Å². The first-order valence-corrected chi connectivity index (χ1v) is 9.44. The van der Waals surface area contributed by atoms with Gasteiger partial charge in [-0.1, -0.05) is 12.1 Å². The van der Waals surface area contributed by atoms with Crippen LogP contribution in [0, 0.1) is 0 Å². The van der Waals surface area contributed by atoms with Gasteiger partial charge in [-0.3, -0.25) is 9.78 Å². The van der Waals surface area contributed by atoms with Crippen LogP contribution < -0.4 is 0 Å². The molecule has 0 unspecified atom stereocenters. The lowest BCUT2D eigenvalue weighted by Gasteiger charge is -2.32. The topological polar surface area (TPSA) is 51.7 Å². The Kier molecular flexibility index (Phi) is 4.36. The Labute approximate surface area is 160 Å². The highest BCUT2D eigenvalue weighted by Crippen LogP contribution is 2.39. The second-order valence-corrected chi connectivity index (χ2v) is 8.31. The maximum Gasteiger partial charge on any atom is 0.490 e. The molecule has 1 amide bonds. The number of aromatic nitrogens is 1. The molecule has 140 valence electrons. The predicted octanol–water partition coefficient (Wildman–Crippen LogP) is 3.64. The molecule has 0 atom stereocenters. The van der Waals surface area contributed by atoms with Gasteiger partial charge in [0.1, 0.15) is 0 Å². The van der Waals surface area contributed by atoms with Crippen LogP contribution in [0.1, 0.15) is 44.5 Å². The zero-order valence-electron chi connectivity index (χ0n) is 16.4. The summed E-state index contributed by atoms with van der Waals surface area (Å²) in [6, 6.07) is 7.72. The van der Waals surface area contributed by atoms with Crippen LogP contribution in [0.4, 0.5) is 0 Å². The van der Waals surface area contributed by atoms with Crippen LogP contribution in [0.5, 0.6) is 0 Å². The normalized spacial score (nSPS) is 21.4. The number of rotatable bonds is 2. The van der Waals surface area contributed by atoms with Crippen molar-refractivity contribution >= 4 is 23.8 Å². The van der Waals surface area contributed by atoms with E-state index in [4.69, 9.17) is 9.31 Å². The summed E-state index contributed by atoms with van der Waals surface area (Å²) in [4.78, 5) is 18.9. The molecule has 0 N–H and O–H groups in total. The van der Waals surface area contributed by atoms with Crippen LogP contribution in [0.15, 0.2) is 48.2 Å². The fourth-order valence-corrected chi connectivity index (χ4v) is 3.48. The quantitative estimate of drug-likeness (QED) is 0.764. The highest BCUT2D eigenvalue weighted by molar-refractivity contribution is 6.54. The number of hydrogen-bond acceptors (Lipinski definition) is 4. The number of hydrogen-bond donors (Lipinski definition) is 0. The van der Waals surface area contributed by atoms with Gasteiger partial charge in [-0.05, 0) is 63.2 Å². The molecule has 1 fully saturated rings. The van der Waals surface area contributed by atoms with Crippen molar-refractivity contribution in [3.8, 4) is 0 Å². The minimum Gasteiger partial charge on any atom is -0.400 e. The van der Waals surface area contributed by atoms with E-state index in [1.165, 1.54) is 0 Å². The van der Waals surface area contributed by atoms with Crippen molar-refractivity contribution in [1.82, 2.24) is 9.88 Å². The van der Waals surface area contributed by atoms with E-state index in [1.54, 1.807) is 12.4 Å². The van der Waals surface area contributed by atoms with E-state index in [-0.39, 0.29) is 24.2 Å². The third-order valence-corrected chi connectivity index (χ3v) is 5.97. The molecule has 1 saturated heterocycles. The lowest BCUT2D eigenvalue weighted by molar-refractivity contribution is 0.00578. The Morgan fingerprint density at radius 1 is 1.11 bits per heavy atom. The van der Waals surface area contributed by atoms with E-state index in [0.717, 1.165) is 22.7 Å². The van der Waals surface area contributed by atoms with E-state index in [1.807, 2.05) is 29.2 Å². The highest BCUT2D eigenvalue weighted by Gasteiger charge is 2.52. The van der Waals surface area contributed by atoms with Crippen LogP contribution >= 0.6 is 0 Å². The molecular weight excluding hydrogens is 339 g/mol. The van der Waals surface area contributed by atoms with Gasteiger partial charge in [-0.25, -0.2) is 0 Å². The van der Waals surface area contributed by atoms with E-state index < -0.39 is 0 Å². The van der Waals surface area contributed by atoms with Crippen LogP contribution in [-0.4, -0.2) is 47.2 Å². The second-order valence-electron chi connectivity index (χ2n) is 8.31. The molecular formula is C21H25BN2O3. The van der Waals surface area contributed by atoms with Gasteiger partial charge < -0.3 is 14.2 Å². The molecule has 1 aromatic carbocycles. The first-order valence-electron chi connectivity index (χ1n) is 9.44. The minimum atomic E-state index is -0.343. The van der Waals surface area contributed by atoms with E-state index >= 15 is 0 Å². The molecule has 2 aromatic rings. The van der Waals surface area contributed by atoms with Crippen LogP contribution in [0.2, 0.25) is 0 Å². The number of amides is 1. The Morgan fingerprint density at radius 3 is 2.52 bits per heavy atom. The Morgan fingerprint density at radius 2 is 1.85 bits per heavy atom. The lowest BCUT2D eigenvalue weighted by atomic mass is 9.74. The predicted molar refractivity (Wildman–Crippen MR) is 106 cm³/mol. The first-order chi connectivity index (χ1) is 12.8. The van der Waals surface area contributed by atoms with E-state index in [0.29, 0.717) is 18.7 Å². The molecule has 0 bridgehead atoms. The Balaban J connectivity index is 1.47. The molecule has 1 aromatic heterocycles. The molecule has 2 aliphatic heterocycles. The van der Waals surface area contributed by atoms with E-state index in [9.17, 15) is 4.79 Å². The summed E-state index contributed by atoms with van der Waals surface area (Å²) >= 11 is 0. The maximum atomic E-state index is 12.9. The number of nitrogens with zero attached hydrogens (tertiary/aromatic N) is 2. The molecule has 0 saturated carbocycles. The third kappa shape index (κ3) is 3.28. The van der Waals surface area contributed by atoms with Crippen molar-refractivity contribution in [3.05, 3.63) is 53.8 Å². The van der Waals surface area contributed by atoms with Gasteiger partial charge in [-0.15, -0.1) is 0 Å². The van der Waals surface area contributed by atoms with Gasteiger partial charge >= 0.3 is 7.12 Å². The number of carbonyl (C=O) groups excluding carboxylic acids is 1. The molecule has 0 radical (unpaired) electrons. The molecule has 0 spiro atoms. The Hall–Kier alpha value is -2.18. The van der Waals surface area contributed by atoms with Crippen molar-refractivity contribution in [2.45, 2.75) is 45.3 Å². The van der Waals surface area contributed by atoms with Crippen LogP contribution in [-0.2, 0) is 9.31 Å². The van der Waals surface area contributed by atoms with Crippen molar-refractivity contribution < 1.29 is 14.1 Å². The van der Waals surface area contributed by atoms with Crippen molar-refractivity contribution in [1.29, 1.82) is 0 Å². The molecule has 5 nitrogen and oxygen atoms in total. The minimum absolute atomic E-state index is 0.0463. The summed E-state index contributed by atoms with van der Waals surface area (Å²) in [5.74, 6) is 0.0463. The molecule has 0 aliphatic carbocycles. The summed E-state index contributed by atoms with van der Waals surface area (Å²) in [6.45, 7) is 9.46. The molecule has 6 heteroatoms. The number of pyridine rings is 1. The molecule has 2 aliphatic rings. The average molecular weight is 364 g/mol. The monoisotopic (exact) mass is 364 g/mol. The second kappa shape index (κ2) is 6.46. The fourth-order valence-electron chi connectivity index (χ4n) is 3.48. The van der Waals surface area contributed by atoms with Crippen molar-refractivity contribution in [3.63, 3.8) is 0 Å². The SMILES string of the molecule is CC1(C)OB(C2=CCN(C(=O)c3ccc4ccncc4c3)CC2)OC1(C)C. The summed E-state index contributed by atoms with van der Waals surface area (Å²) in [7, 11) is -0.320. The van der Waals surface area contributed by atoms with Gasteiger partial charge in [0, 0.05) is 36.4 Å². The number of benzene rings is 1. The van der Waals surface area contributed by atoms with E-state index in [2.05, 4.69) is 38.8 Å². The highest BCUT2D eigenvalue weighted by atomic mass is 16.7. The molecule has 4 rings (SSSR count). The average Bonchev–Trinajstić information content (AvgIpc) is 2.88. The van der Waals surface area contributed by atoms with Crippen LogP contribution in [0.3, 0.4) is 0 Å². The van der Waals surface area contributed by atoms with Gasteiger partial charge in [0.15, 0.2) is 0 Å². The fraction of sp³-hybridized carbons (Fsp3) is 0.429. The molecule has 27 heavy (non-hydrogen) atoms. The zero-order chi connectivity index (χ0) is 19.2. The van der Waals surface area contributed by atoms with Gasteiger partial charge in [0.2, 0.25) is 0 Å². The summed E-state index contributed by atoms with van der Waals surface area (Å²) in [5, 5.41) is 2.07. The first kappa shape index (κ1) is 18.2. The summed E-state index contributed by atoms with van der Waals surface area (Å²) in [6.07, 6.45) is 6.39. The smallest absolute Gasteiger partial charge is 0.400 e. The summed E-state index contributed by atoms with van der Waals surface area (Å²) < 4.78 is 12.3. The van der Waals surface area contributed by atoms with Gasteiger partial charge in [0.05, 0.1) is 11.2 Å². The number of fused-ring (bicyclic) bond motifs is 1. The third-order valence-electron chi connectivity index (χ3n) is 5.97. The summed E-state index contributed by atoms with van der Waals surface area (Å²) in [5.41, 5.74) is 1.14. The Bertz CT molecular complexity index is 907. The lowest BCUT2D eigenvalue weighted by Crippen LogP contribution is -2.41. The van der Waals surface area contributed by atoms with Crippen LogP contribution in [0.25, 0.3) is 10.8 Å². The van der Waals surface area contributed by atoms with Crippen molar-refractivity contribution in [2.24, 2.45) is 0 Å². The zero-order valence-corrected chi connectivity index (χ0v) is 16.4. The number of carbonyl (C=O) groups is 1. The largest absolute Gasteiger partial charge is 0.490 e. The maximum absolute atomic E-state index is 12.9. The van der Waals surface area contributed by atoms with Gasteiger partial charge in [0.25, 0.3) is 5.91 Å².